The fourth-order valence-corrected chi connectivity index (χ4v) is 1.14. The summed E-state index contributed by atoms with van der Waals surface area (Å²) in [7, 11) is 0. The lowest BCUT2D eigenvalue weighted by Crippen LogP contribution is -2.29. The van der Waals surface area contributed by atoms with Crippen LogP contribution in [0.3, 0.4) is 0 Å². The molecule has 0 spiro atoms. The third-order valence-corrected chi connectivity index (χ3v) is 2.20. The SMILES string of the molecule is CCn1cnnc1[C@H](N)C(C)(C)C. The zero-order valence-corrected chi connectivity index (χ0v) is 8.78. The number of aryl methyl sites for hydroxylation is 1. The van der Waals surface area contributed by atoms with E-state index in [0.717, 1.165) is 12.4 Å². The van der Waals surface area contributed by atoms with Gasteiger partial charge in [0.1, 0.15) is 12.2 Å². The van der Waals surface area contributed by atoms with Crippen LogP contribution in [0.5, 0.6) is 0 Å². The second kappa shape index (κ2) is 3.46. The van der Waals surface area contributed by atoms with Gasteiger partial charge in [0.2, 0.25) is 0 Å². The highest BCUT2D eigenvalue weighted by molar-refractivity contribution is 4.98. The minimum absolute atomic E-state index is 0.0277. The largest absolute Gasteiger partial charge is 0.321 e. The maximum Gasteiger partial charge on any atom is 0.150 e. The number of nitrogens with two attached hydrogens (primary N) is 1. The average molecular weight is 182 g/mol. The van der Waals surface area contributed by atoms with Crippen molar-refractivity contribution < 1.29 is 0 Å². The van der Waals surface area contributed by atoms with Crippen LogP contribution in [0.4, 0.5) is 0 Å². The molecule has 0 radical (unpaired) electrons. The molecule has 13 heavy (non-hydrogen) atoms. The van der Waals surface area contributed by atoms with E-state index in [1.54, 1.807) is 6.33 Å². The Morgan fingerprint density at radius 1 is 1.54 bits per heavy atom. The first-order valence-electron chi connectivity index (χ1n) is 4.60. The summed E-state index contributed by atoms with van der Waals surface area (Å²) < 4.78 is 1.98. The van der Waals surface area contributed by atoms with E-state index in [1.807, 2.05) is 4.57 Å². The Morgan fingerprint density at radius 2 is 2.15 bits per heavy atom. The molecule has 0 aliphatic carbocycles. The molecule has 0 saturated carbocycles. The highest BCUT2D eigenvalue weighted by Crippen LogP contribution is 2.28. The van der Waals surface area contributed by atoms with E-state index in [0.29, 0.717) is 0 Å². The van der Waals surface area contributed by atoms with Crippen LogP contribution in [-0.4, -0.2) is 14.8 Å². The average Bonchev–Trinajstić information content (AvgIpc) is 2.48. The van der Waals surface area contributed by atoms with Crippen LogP contribution < -0.4 is 5.73 Å². The topological polar surface area (TPSA) is 56.7 Å². The van der Waals surface area contributed by atoms with Crippen molar-refractivity contribution in [3.63, 3.8) is 0 Å². The van der Waals surface area contributed by atoms with Gasteiger partial charge in [-0.05, 0) is 12.3 Å². The van der Waals surface area contributed by atoms with E-state index >= 15 is 0 Å². The van der Waals surface area contributed by atoms with Crippen LogP contribution in [0.15, 0.2) is 6.33 Å². The van der Waals surface area contributed by atoms with Gasteiger partial charge < -0.3 is 10.3 Å². The number of rotatable bonds is 2. The first-order valence-corrected chi connectivity index (χ1v) is 4.60. The number of aromatic nitrogens is 3. The molecule has 4 heteroatoms. The molecule has 1 aromatic heterocycles. The van der Waals surface area contributed by atoms with Crippen LogP contribution >= 0.6 is 0 Å². The summed E-state index contributed by atoms with van der Waals surface area (Å²) in [4.78, 5) is 0. The minimum Gasteiger partial charge on any atom is -0.321 e. The molecule has 0 fully saturated rings. The second-order valence-corrected chi connectivity index (χ2v) is 4.32. The van der Waals surface area contributed by atoms with Gasteiger partial charge >= 0.3 is 0 Å². The van der Waals surface area contributed by atoms with Crippen LogP contribution in [0.25, 0.3) is 0 Å². The Morgan fingerprint density at radius 3 is 2.62 bits per heavy atom. The Hall–Kier alpha value is -0.900. The van der Waals surface area contributed by atoms with Crippen LogP contribution in [0.2, 0.25) is 0 Å². The highest BCUT2D eigenvalue weighted by Gasteiger charge is 2.26. The van der Waals surface area contributed by atoms with E-state index < -0.39 is 0 Å². The van der Waals surface area contributed by atoms with Gasteiger partial charge in [0.25, 0.3) is 0 Å². The first kappa shape index (κ1) is 10.2. The Kier molecular flexibility index (Phi) is 2.71. The normalized spacial score (nSPS) is 14.5. The van der Waals surface area contributed by atoms with Gasteiger partial charge in [-0.1, -0.05) is 20.8 Å². The molecule has 0 bridgehead atoms. The molecule has 1 heterocycles. The lowest BCUT2D eigenvalue weighted by molar-refractivity contribution is 0.307. The smallest absolute Gasteiger partial charge is 0.150 e. The van der Waals surface area contributed by atoms with E-state index in [4.69, 9.17) is 5.73 Å². The fourth-order valence-electron chi connectivity index (χ4n) is 1.14. The monoisotopic (exact) mass is 182 g/mol. The van der Waals surface area contributed by atoms with Gasteiger partial charge in [-0.15, -0.1) is 10.2 Å². The summed E-state index contributed by atoms with van der Waals surface area (Å²) in [6.07, 6.45) is 1.72. The molecule has 74 valence electrons. The molecule has 0 aromatic carbocycles. The van der Waals surface area contributed by atoms with Crippen molar-refractivity contribution in [3.8, 4) is 0 Å². The van der Waals surface area contributed by atoms with Crippen molar-refractivity contribution in [2.45, 2.75) is 40.3 Å². The van der Waals surface area contributed by atoms with Gasteiger partial charge in [-0.2, -0.15) is 0 Å². The Labute approximate surface area is 79.2 Å². The molecule has 4 nitrogen and oxygen atoms in total. The quantitative estimate of drug-likeness (QED) is 0.751. The molecule has 0 aliphatic heterocycles. The zero-order chi connectivity index (χ0) is 10.1. The molecule has 0 saturated heterocycles. The first-order chi connectivity index (χ1) is 5.96. The van der Waals surface area contributed by atoms with Crippen molar-refractivity contribution in [3.05, 3.63) is 12.2 Å². The van der Waals surface area contributed by atoms with Gasteiger partial charge in [0.05, 0.1) is 6.04 Å². The van der Waals surface area contributed by atoms with E-state index in [2.05, 4.69) is 37.9 Å². The molecule has 0 amide bonds. The summed E-state index contributed by atoms with van der Waals surface area (Å²) >= 11 is 0. The predicted octanol–water partition coefficient (Wildman–Crippen LogP) is 1.34. The molecule has 2 N–H and O–H groups in total. The van der Waals surface area contributed by atoms with Crippen LogP contribution in [-0.2, 0) is 6.54 Å². The maximum atomic E-state index is 6.07. The molecule has 1 atom stereocenters. The highest BCUT2D eigenvalue weighted by atomic mass is 15.3. The molecule has 1 aromatic rings. The summed E-state index contributed by atoms with van der Waals surface area (Å²) in [5.74, 6) is 0.870. The van der Waals surface area contributed by atoms with Crippen molar-refractivity contribution >= 4 is 0 Å². The third kappa shape index (κ3) is 2.06. The van der Waals surface area contributed by atoms with Gasteiger partial charge in [0, 0.05) is 6.54 Å². The summed E-state index contributed by atoms with van der Waals surface area (Å²) in [6, 6.07) is -0.0602. The molecule has 0 unspecified atom stereocenters. The summed E-state index contributed by atoms with van der Waals surface area (Å²) in [6.45, 7) is 9.24. The van der Waals surface area contributed by atoms with Crippen molar-refractivity contribution in [2.24, 2.45) is 11.1 Å². The van der Waals surface area contributed by atoms with Crippen molar-refractivity contribution in [1.82, 2.24) is 14.8 Å². The van der Waals surface area contributed by atoms with Gasteiger partial charge in [-0.3, -0.25) is 0 Å². The summed E-state index contributed by atoms with van der Waals surface area (Å²) in [5.41, 5.74) is 6.10. The van der Waals surface area contributed by atoms with E-state index in [9.17, 15) is 0 Å². The standard InChI is InChI=1S/C9H18N4/c1-5-13-6-11-12-8(13)7(10)9(2,3)4/h6-7H,5,10H2,1-4H3/t7-/m0/s1. The molecular weight excluding hydrogens is 164 g/mol. The van der Waals surface area contributed by atoms with Gasteiger partial charge in [0.15, 0.2) is 0 Å². The van der Waals surface area contributed by atoms with Crippen molar-refractivity contribution in [2.75, 3.05) is 0 Å². The number of nitrogens with zero attached hydrogens (tertiary/aromatic N) is 3. The Bertz CT molecular complexity index is 271. The van der Waals surface area contributed by atoms with E-state index in [1.165, 1.54) is 0 Å². The maximum absolute atomic E-state index is 6.07. The number of hydrogen-bond donors (Lipinski definition) is 1. The zero-order valence-electron chi connectivity index (χ0n) is 8.78. The van der Waals surface area contributed by atoms with Crippen LogP contribution in [0, 0.1) is 5.41 Å². The van der Waals surface area contributed by atoms with Gasteiger partial charge in [-0.25, -0.2) is 0 Å². The fraction of sp³-hybridized carbons (Fsp3) is 0.778. The second-order valence-electron chi connectivity index (χ2n) is 4.32. The van der Waals surface area contributed by atoms with Crippen LogP contribution in [0.1, 0.15) is 39.6 Å². The molecular formula is C9H18N4. The number of hydrogen-bond acceptors (Lipinski definition) is 3. The lowest BCUT2D eigenvalue weighted by atomic mass is 9.87. The minimum atomic E-state index is -0.0602. The molecule has 1 rings (SSSR count). The lowest BCUT2D eigenvalue weighted by Gasteiger charge is -2.26. The Balaban J connectivity index is 2.94. The summed E-state index contributed by atoms with van der Waals surface area (Å²) in [5, 5.41) is 7.90. The van der Waals surface area contributed by atoms with Crippen molar-refractivity contribution in [1.29, 1.82) is 0 Å². The predicted molar refractivity (Wildman–Crippen MR) is 52.1 cm³/mol. The molecule has 0 aliphatic rings. The third-order valence-electron chi connectivity index (χ3n) is 2.20. The van der Waals surface area contributed by atoms with E-state index in [-0.39, 0.29) is 11.5 Å².